The van der Waals surface area contributed by atoms with Crippen LogP contribution in [0.3, 0.4) is 0 Å². The normalized spacial score (nSPS) is 43.2. The van der Waals surface area contributed by atoms with Crippen LogP contribution in [-0.2, 0) is 0 Å². The van der Waals surface area contributed by atoms with Crippen LogP contribution in [0, 0.1) is 52.3 Å². The molecular formula is C29H49NO. The van der Waals surface area contributed by atoms with Gasteiger partial charge in [-0.2, -0.15) is 0 Å². The van der Waals surface area contributed by atoms with E-state index in [1.54, 1.807) is 5.57 Å². The molecule has 1 unspecified atom stereocenters. The summed E-state index contributed by atoms with van der Waals surface area (Å²) in [4.78, 5) is 0. The molecule has 0 amide bonds. The quantitative estimate of drug-likeness (QED) is 0.334. The van der Waals surface area contributed by atoms with Gasteiger partial charge in [-0.25, -0.2) is 0 Å². The van der Waals surface area contributed by atoms with Crippen LogP contribution in [0.2, 0.25) is 0 Å². The van der Waals surface area contributed by atoms with Crippen molar-refractivity contribution >= 4 is 5.71 Å². The van der Waals surface area contributed by atoms with Gasteiger partial charge in [-0.1, -0.05) is 65.1 Å². The lowest BCUT2D eigenvalue weighted by molar-refractivity contribution is -0.0576. The Hall–Kier alpha value is -0.790. The third kappa shape index (κ3) is 3.93. The summed E-state index contributed by atoms with van der Waals surface area (Å²) in [6, 6.07) is 0. The van der Waals surface area contributed by atoms with Crippen LogP contribution in [0.5, 0.6) is 0 Å². The molecule has 0 aliphatic heterocycles. The minimum absolute atomic E-state index is 0.355. The molecule has 0 heterocycles. The van der Waals surface area contributed by atoms with Gasteiger partial charge in [-0.05, 0) is 116 Å². The van der Waals surface area contributed by atoms with E-state index in [1.807, 2.05) is 0 Å². The topological polar surface area (TPSA) is 32.6 Å². The summed E-state index contributed by atoms with van der Waals surface area (Å²) in [7, 11) is 0. The molecule has 0 aromatic carbocycles. The van der Waals surface area contributed by atoms with Crippen LogP contribution < -0.4 is 0 Å². The molecule has 0 bridgehead atoms. The Morgan fingerprint density at radius 1 is 1.00 bits per heavy atom. The van der Waals surface area contributed by atoms with Gasteiger partial charge in [-0.3, -0.25) is 0 Å². The third-order valence-electron chi connectivity index (χ3n) is 11.3. The maximum atomic E-state index is 9.30. The zero-order chi connectivity index (χ0) is 22.4. The van der Waals surface area contributed by atoms with Crippen molar-refractivity contribution in [2.75, 3.05) is 0 Å². The summed E-state index contributed by atoms with van der Waals surface area (Å²) in [6.07, 6.45) is 17.0. The Morgan fingerprint density at radius 2 is 1.77 bits per heavy atom. The minimum atomic E-state index is 0.355. The third-order valence-corrected chi connectivity index (χ3v) is 11.3. The van der Waals surface area contributed by atoms with E-state index < -0.39 is 0 Å². The summed E-state index contributed by atoms with van der Waals surface area (Å²) in [5.74, 6) is 6.27. The molecule has 4 aliphatic carbocycles. The van der Waals surface area contributed by atoms with Gasteiger partial charge >= 0.3 is 0 Å². The fraction of sp³-hybridized carbons (Fsp3) is 0.897. The molecule has 8 atom stereocenters. The SMILES string of the molecule is CCC(CC[C@@H](C)[C@H]1CC[C@H]2[C@@H]3CCC4=CC(=NO)CC[C@]4(C)[C@H]3CC[C@]12C)C(C)C. The van der Waals surface area contributed by atoms with Crippen LogP contribution >= 0.6 is 0 Å². The van der Waals surface area contributed by atoms with Crippen molar-refractivity contribution in [1.29, 1.82) is 0 Å². The average Bonchev–Trinajstić information content (AvgIpc) is 3.10. The Morgan fingerprint density at radius 3 is 2.45 bits per heavy atom. The highest BCUT2D eigenvalue weighted by molar-refractivity contribution is 5.96. The Kier molecular flexibility index (Phi) is 6.68. The second-order valence-electron chi connectivity index (χ2n) is 12.8. The molecule has 4 rings (SSSR count). The van der Waals surface area contributed by atoms with Crippen molar-refractivity contribution in [3.63, 3.8) is 0 Å². The van der Waals surface area contributed by atoms with Gasteiger partial charge in [0.05, 0.1) is 5.71 Å². The highest BCUT2D eigenvalue weighted by Crippen LogP contribution is 2.67. The van der Waals surface area contributed by atoms with Crippen LogP contribution in [0.4, 0.5) is 0 Å². The summed E-state index contributed by atoms with van der Waals surface area (Å²) >= 11 is 0. The van der Waals surface area contributed by atoms with Crippen LogP contribution in [0.25, 0.3) is 0 Å². The summed E-state index contributed by atoms with van der Waals surface area (Å²) in [5, 5.41) is 12.9. The predicted molar refractivity (Wildman–Crippen MR) is 131 cm³/mol. The molecule has 4 aliphatic rings. The first-order valence-corrected chi connectivity index (χ1v) is 13.7. The molecule has 3 saturated carbocycles. The van der Waals surface area contributed by atoms with Gasteiger partial charge < -0.3 is 5.21 Å². The molecule has 31 heavy (non-hydrogen) atoms. The molecule has 3 fully saturated rings. The molecule has 1 N–H and O–H groups in total. The molecular weight excluding hydrogens is 378 g/mol. The van der Waals surface area contributed by atoms with Crippen molar-refractivity contribution in [3.8, 4) is 0 Å². The van der Waals surface area contributed by atoms with E-state index in [4.69, 9.17) is 0 Å². The molecule has 176 valence electrons. The van der Waals surface area contributed by atoms with Crippen molar-refractivity contribution in [1.82, 2.24) is 0 Å². The van der Waals surface area contributed by atoms with E-state index in [0.29, 0.717) is 10.8 Å². The van der Waals surface area contributed by atoms with Gasteiger partial charge in [0, 0.05) is 0 Å². The second kappa shape index (κ2) is 8.86. The maximum Gasteiger partial charge on any atom is 0.0795 e. The number of hydrogen-bond donors (Lipinski definition) is 1. The van der Waals surface area contributed by atoms with E-state index >= 15 is 0 Å². The lowest BCUT2D eigenvalue weighted by Crippen LogP contribution is -2.51. The van der Waals surface area contributed by atoms with Crippen molar-refractivity contribution in [2.45, 2.75) is 112 Å². The predicted octanol–water partition coefficient (Wildman–Crippen LogP) is 8.49. The number of nitrogens with zero attached hydrogens (tertiary/aromatic N) is 1. The zero-order valence-electron chi connectivity index (χ0n) is 21.3. The fourth-order valence-corrected chi connectivity index (χ4v) is 9.31. The number of hydrogen-bond acceptors (Lipinski definition) is 2. The Balaban J connectivity index is 1.48. The van der Waals surface area contributed by atoms with E-state index in [9.17, 15) is 5.21 Å². The molecule has 2 nitrogen and oxygen atoms in total. The van der Waals surface area contributed by atoms with Crippen molar-refractivity contribution in [2.24, 2.45) is 57.4 Å². The summed E-state index contributed by atoms with van der Waals surface area (Å²) in [6.45, 7) is 15.1. The van der Waals surface area contributed by atoms with E-state index in [1.165, 1.54) is 64.2 Å². The fourth-order valence-electron chi connectivity index (χ4n) is 9.31. The van der Waals surface area contributed by atoms with Crippen molar-refractivity contribution in [3.05, 3.63) is 11.6 Å². The number of fused-ring (bicyclic) bond motifs is 5. The van der Waals surface area contributed by atoms with Crippen LogP contribution in [-0.4, -0.2) is 10.9 Å². The monoisotopic (exact) mass is 427 g/mol. The molecule has 0 aromatic rings. The van der Waals surface area contributed by atoms with Gasteiger partial charge in [-0.15, -0.1) is 0 Å². The highest BCUT2D eigenvalue weighted by atomic mass is 16.4. The molecule has 2 heteroatoms. The smallest absolute Gasteiger partial charge is 0.0795 e. The Bertz CT molecular complexity index is 708. The lowest BCUT2D eigenvalue weighted by Gasteiger charge is -2.58. The van der Waals surface area contributed by atoms with Crippen molar-refractivity contribution < 1.29 is 5.21 Å². The van der Waals surface area contributed by atoms with Gasteiger partial charge in [0.25, 0.3) is 0 Å². The molecule has 0 radical (unpaired) electrons. The first kappa shape index (κ1) is 23.4. The standard InChI is InChI=1S/C29H49NO/c1-7-21(19(2)3)9-8-20(4)25-12-13-26-24-11-10-22-18-23(30-31)14-16-28(22,5)27(24)15-17-29(25,26)6/h18-21,24-27,31H,7-17H2,1-6H3/t20-,21?,24+,25-,26+,27+,28+,29-/m1/s1. The van der Waals surface area contributed by atoms with Gasteiger partial charge in [0.2, 0.25) is 0 Å². The summed E-state index contributed by atoms with van der Waals surface area (Å²) < 4.78 is 0. The zero-order valence-corrected chi connectivity index (χ0v) is 21.3. The van der Waals surface area contributed by atoms with Gasteiger partial charge in [0.15, 0.2) is 0 Å². The number of rotatable bonds is 6. The van der Waals surface area contributed by atoms with E-state index in [-0.39, 0.29) is 0 Å². The highest BCUT2D eigenvalue weighted by Gasteiger charge is 2.59. The number of allylic oxidation sites excluding steroid dienone is 2. The van der Waals surface area contributed by atoms with E-state index in [2.05, 4.69) is 52.8 Å². The first-order chi connectivity index (χ1) is 14.7. The first-order valence-electron chi connectivity index (χ1n) is 13.7. The lowest BCUT2D eigenvalue weighted by atomic mass is 9.46. The Labute approximate surface area is 192 Å². The average molecular weight is 428 g/mol. The molecule has 0 spiro atoms. The van der Waals surface area contributed by atoms with Gasteiger partial charge in [0.1, 0.15) is 0 Å². The second-order valence-corrected chi connectivity index (χ2v) is 12.8. The largest absolute Gasteiger partial charge is 0.411 e. The van der Waals surface area contributed by atoms with Crippen LogP contribution in [0.15, 0.2) is 16.8 Å². The summed E-state index contributed by atoms with van der Waals surface area (Å²) in [5.41, 5.74) is 3.43. The van der Waals surface area contributed by atoms with Crippen LogP contribution in [0.1, 0.15) is 112 Å². The molecule has 0 aromatic heterocycles. The maximum absolute atomic E-state index is 9.30. The number of oxime groups is 1. The van der Waals surface area contributed by atoms with E-state index in [0.717, 1.165) is 53.6 Å². The minimum Gasteiger partial charge on any atom is -0.411 e. The molecule has 0 saturated heterocycles.